The molecule has 0 bridgehead atoms. The molecule has 168 valence electrons. The molecule has 10 nitrogen and oxygen atoms in total. The van der Waals surface area contributed by atoms with Gasteiger partial charge in [-0.1, -0.05) is 55.3 Å². The molecular formula is C15H23I2NO9S2. The van der Waals surface area contributed by atoms with Crippen molar-refractivity contribution in [2.75, 3.05) is 0 Å². The lowest BCUT2D eigenvalue weighted by atomic mass is 9.81. The van der Waals surface area contributed by atoms with Crippen LogP contribution in [0.4, 0.5) is 0 Å². The maximum Gasteiger partial charge on any atom is 0.324 e. The first-order valence-electron chi connectivity index (χ1n) is 8.97. The Kier molecular flexibility index (Phi) is 9.03. The Morgan fingerprint density at radius 3 is 1.93 bits per heavy atom. The zero-order valence-corrected chi connectivity index (χ0v) is 21.1. The molecule has 3 saturated carbocycles. The Bertz CT molecular complexity index is 566. The lowest BCUT2D eigenvalue weighted by Crippen LogP contribution is -2.49. The molecule has 0 saturated heterocycles. The third-order valence-corrected chi connectivity index (χ3v) is 9.93. The van der Waals surface area contributed by atoms with Gasteiger partial charge in [-0.25, -0.2) is 10.5 Å². The summed E-state index contributed by atoms with van der Waals surface area (Å²) in [6.07, 6.45) is 3.87. The summed E-state index contributed by atoms with van der Waals surface area (Å²) in [4.78, 5) is 11.6. The third kappa shape index (κ3) is 5.63. The van der Waals surface area contributed by atoms with E-state index in [-0.39, 0.29) is 36.0 Å². The molecule has 0 aromatic rings. The van der Waals surface area contributed by atoms with E-state index < -0.39 is 11.5 Å². The third-order valence-electron chi connectivity index (χ3n) is 6.04. The number of aliphatic carboxylic acids is 1. The van der Waals surface area contributed by atoms with Crippen molar-refractivity contribution in [3.63, 3.8) is 0 Å². The van der Waals surface area contributed by atoms with Crippen LogP contribution in [0.2, 0.25) is 0 Å². The van der Waals surface area contributed by atoms with Crippen molar-refractivity contribution >= 4 is 75.2 Å². The van der Waals surface area contributed by atoms with Crippen LogP contribution >= 0.6 is 69.3 Å². The standard InChI is InChI=1S/C15H23I2NO9S2/c16-10-4-14(6-15(14,18)13(19)20)5-11(17)12(10)23-7-1-8(28-26-24-21)3-9(2-7)29-27-25-22/h7-12,21-22H,1-6,18H2,(H,19,20). The highest BCUT2D eigenvalue weighted by atomic mass is 127. The van der Waals surface area contributed by atoms with Gasteiger partial charge in [-0.15, -0.1) is 8.67 Å². The summed E-state index contributed by atoms with van der Waals surface area (Å²) in [5.74, 6) is -0.923. The SMILES string of the molecule is NC1(C(=O)O)CC12CC(I)C(OC1CC(SOOO)CC(SOOO)C1)C(I)C2. The summed E-state index contributed by atoms with van der Waals surface area (Å²) >= 11 is 6.70. The second-order valence-corrected chi connectivity index (χ2v) is 13.0. The number of hydrogen-bond acceptors (Lipinski definition) is 11. The van der Waals surface area contributed by atoms with Crippen LogP contribution in [0.3, 0.4) is 0 Å². The molecule has 0 aliphatic heterocycles. The van der Waals surface area contributed by atoms with Crippen LogP contribution in [-0.2, 0) is 28.3 Å². The van der Waals surface area contributed by atoms with E-state index in [2.05, 4.69) is 63.9 Å². The van der Waals surface area contributed by atoms with E-state index in [0.717, 1.165) is 24.1 Å². The quantitative estimate of drug-likeness (QED) is 0.0931. The van der Waals surface area contributed by atoms with Crippen molar-refractivity contribution in [1.29, 1.82) is 0 Å². The van der Waals surface area contributed by atoms with Crippen molar-refractivity contribution in [3.05, 3.63) is 0 Å². The van der Waals surface area contributed by atoms with E-state index in [1.54, 1.807) is 0 Å². The van der Waals surface area contributed by atoms with Gasteiger partial charge in [0.1, 0.15) is 5.54 Å². The van der Waals surface area contributed by atoms with Crippen LogP contribution in [0.5, 0.6) is 0 Å². The van der Waals surface area contributed by atoms with E-state index >= 15 is 0 Å². The molecule has 5 atom stereocenters. The highest BCUT2D eigenvalue weighted by molar-refractivity contribution is 14.1. The molecule has 0 heterocycles. The predicted octanol–water partition coefficient (Wildman–Crippen LogP) is 3.37. The number of alkyl halides is 2. The Labute approximate surface area is 203 Å². The zero-order valence-electron chi connectivity index (χ0n) is 15.1. The van der Waals surface area contributed by atoms with E-state index in [1.807, 2.05) is 0 Å². The van der Waals surface area contributed by atoms with Crippen LogP contribution in [0.15, 0.2) is 0 Å². The van der Waals surface area contributed by atoms with Gasteiger partial charge in [0.05, 0.1) is 12.2 Å². The number of hydrogen-bond donors (Lipinski definition) is 4. The minimum Gasteiger partial charge on any atom is -0.480 e. The van der Waals surface area contributed by atoms with Crippen LogP contribution < -0.4 is 5.73 Å². The second-order valence-electron chi connectivity index (χ2n) is 7.83. The van der Waals surface area contributed by atoms with Gasteiger partial charge in [-0.3, -0.25) is 4.79 Å². The van der Waals surface area contributed by atoms with Gasteiger partial charge in [0.15, 0.2) is 0 Å². The minimum absolute atomic E-state index is 0.0110. The van der Waals surface area contributed by atoms with Gasteiger partial charge < -0.3 is 15.6 Å². The number of carbonyl (C=O) groups is 1. The smallest absolute Gasteiger partial charge is 0.324 e. The maximum absolute atomic E-state index is 11.6. The first-order chi connectivity index (χ1) is 13.7. The number of carboxylic acids is 1. The molecule has 3 fully saturated rings. The number of halogens is 2. The normalized spacial score (nSPS) is 44.7. The lowest BCUT2D eigenvalue weighted by molar-refractivity contribution is -0.432. The molecule has 5 N–H and O–H groups in total. The molecule has 5 unspecified atom stereocenters. The van der Waals surface area contributed by atoms with E-state index in [4.69, 9.17) is 21.0 Å². The maximum atomic E-state index is 11.6. The van der Waals surface area contributed by atoms with E-state index in [9.17, 15) is 9.90 Å². The van der Waals surface area contributed by atoms with Gasteiger partial charge in [-0.2, -0.15) is 0 Å². The molecule has 3 aliphatic carbocycles. The molecule has 1 spiro atoms. The number of carboxylic acid groups (broad SMARTS) is 1. The Morgan fingerprint density at radius 1 is 1.00 bits per heavy atom. The Balaban J connectivity index is 1.61. The monoisotopic (exact) mass is 679 g/mol. The van der Waals surface area contributed by atoms with Gasteiger partial charge in [0.25, 0.3) is 0 Å². The Morgan fingerprint density at radius 2 is 1.52 bits per heavy atom. The number of nitrogens with two attached hydrogens (primary N) is 1. The van der Waals surface area contributed by atoms with E-state index in [0.29, 0.717) is 38.5 Å². The fourth-order valence-corrected chi connectivity index (χ4v) is 10.0. The van der Waals surface area contributed by atoms with E-state index in [1.165, 1.54) is 0 Å². The van der Waals surface area contributed by atoms with Gasteiger partial charge in [0.2, 0.25) is 0 Å². The summed E-state index contributed by atoms with van der Waals surface area (Å²) in [7, 11) is 0. The predicted molar refractivity (Wildman–Crippen MR) is 121 cm³/mol. The molecule has 3 rings (SSSR count). The molecule has 3 aliphatic rings. The van der Waals surface area contributed by atoms with Crippen LogP contribution in [0, 0.1) is 5.41 Å². The average molecular weight is 679 g/mol. The minimum atomic E-state index is -1.12. The van der Waals surface area contributed by atoms with Crippen molar-refractivity contribution in [2.24, 2.45) is 11.1 Å². The summed E-state index contributed by atoms with van der Waals surface area (Å²) in [6.45, 7) is 0. The van der Waals surface area contributed by atoms with Crippen molar-refractivity contribution in [3.8, 4) is 0 Å². The van der Waals surface area contributed by atoms with Crippen LogP contribution in [0.25, 0.3) is 0 Å². The highest BCUT2D eigenvalue weighted by Crippen LogP contribution is 2.65. The molecule has 0 aromatic heterocycles. The molecule has 0 amide bonds. The average Bonchev–Trinajstić information content (AvgIpc) is 3.25. The van der Waals surface area contributed by atoms with Crippen molar-refractivity contribution < 1.29 is 43.9 Å². The fraction of sp³-hybridized carbons (Fsp3) is 0.933. The summed E-state index contributed by atoms with van der Waals surface area (Å²) < 4.78 is 16.0. The molecular weight excluding hydrogens is 656 g/mol. The first kappa shape index (κ1) is 24.9. The topological polar surface area (TPSA) is 150 Å². The van der Waals surface area contributed by atoms with Crippen LogP contribution in [-0.4, -0.2) is 57.7 Å². The Hall–Kier alpha value is 1.31. The van der Waals surface area contributed by atoms with Crippen molar-refractivity contribution in [2.45, 2.75) is 74.6 Å². The molecule has 14 heteroatoms. The van der Waals surface area contributed by atoms with Gasteiger partial charge in [0, 0.05) is 47.8 Å². The summed E-state index contributed by atoms with van der Waals surface area (Å²) in [5.41, 5.74) is 4.67. The largest absolute Gasteiger partial charge is 0.480 e. The first-order valence-corrected chi connectivity index (χ1v) is 13.1. The second kappa shape index (κ2) is 10.5. The number of ether oxygens (including phenoxy) is 1. The zero-order chi connectivity index (χ0) is 21.2. The molecule has 0 radical (unpaired) electrons. The number of rotatable bonds is 9. The van der Waals surface area contributed by atoms with Gasteiger partial charge in [-0.05, 0) is 38.5 Å². The molecule has 0 aromatic carbocycles. The summed E-state index contributed by atoms with van der Waals surface area (Å²) in [5, 5.41) is 33.7. The van der Waals surface area contributed by atoms with Crippen LogP contribution in [0.1, 0.15) is 38.5 Å². The van der Waals surface area contributed by atoms with Crippen molar-refractivity contribution in [1.82, 2.24) is 0 Å². The molecule has 29 heavy (non-hydrogen) atoms. The van der Waals surface area contributed by atoms with Gasteiger partial charge >= 0.3 is 5.97 Å². The highest BCUT2D eigenvalue weighted by Gasteiger charge is 2.72. The fourth-order valence-electron chi connectivity index (χ4n) is 4.56. The lowest BCUT2D eigenvalue weighted by Gasteiger charge is -2.42. The summed E-state index contributed by atoms with van der Waals surface area (Å²) in [6, 6.07) is 0.